The summed E-state index contributed by atoms with van der Waals surface area (Å²) in [6.45, 7) is 2.28. The molecule has 0 spiro atoms. The molecule has 7 nitrogen and oxygen atoms in total. The maximum absolute atomic E-state index is 5.83. The molecule has 4 heterocycles. The molecule has 23 heavy (non-hydrogen) atoms. The summed E-state index contributed by atoms with van der Waals surface area (Å²) in [5.74, 6) is 1.14. The third kappa shape index (κ3) is 2.51. The minimum Gasteiger partial charge on any atom is -0.475 e. The van der Waals surface area contributed by atoms with Gasteiger partial charge in [0.25, 0.3) is 0 Å². The third-order valence-electron chi connectivity index (χ3n) is 3.37. The Bertz CT molecular complexity index is 940. The van der Waals surface area contributed by atoms with Crippen molar-refractivity contribution in [2.24, 2.45) is 5.73 Å². The van der Waals surface area contributed by atoms with Crippen molar-refractivity contribution in [3.8, 4) is 17.3 Å². The number of hydrogen-bond acceptors (Lipinski definition) is 6. The molecule has 7 heteroatoms. The van der Waals surface area contributed by atoms with E-state index in [2.05, 4.69) is 15.1 Å². The van der Waals surface area contributed by atoms with Gasteiger partial charge in [-0.2, -0.15) is 0 Å². The first-order chi connectivity index (χ1) is 11.2. The number of nitrogens with two attached hydrogens (primary N) is 1. The Hall–Kier alpha value is -2.93. The van der Waals surface area contributed by atoms with Gasteiger partial charge in [-0.25, -0.2) is 9.50 Å². The standard InChI is InChI=1S/C16H15N5O2/c1-10(17)9-22-16-5-4-15-19-8-12(21(15)20-16)14-7-11-13(23-14)3-2-6-18-11/h2-8,10H,9,17H2,1H3/t10-/m1/s1. The zero-order chi connectivity index (χ0) is 15.8. The summed E-state index contributed by atoms with van der Waals surface area (Å²) in [5.41, 5.74) is 8.67. The molecule has 0 amide bonds. The van der Waals surface area contributed by atoms with Gasteiger partial charge >= 0.3 is 0 Å². The zero-order valence-corrected chi connectivity index (χ0v) is 12.5. The van der Waals surface area contributed by atoms with Crippen LogP contribution in [-0.2, 0) is 0 Å². The maximum atomic E-state index is 5.83. The smallest absolute Gasteiger partial charge is 0.231 e. The Kier molecular flexibility index (Phi) is 3.20. The lowest BCUT2D eigenvalue weighted by Crippen LogP contribution is -2.24. The van der Waals surface area contributed by atoms with E-state index in [-0.39, 0.29) is 6.04 Å². The van der Waals surface area contributed by atoms with Gasteiger partial charge in [-0.1, -0.05) is 0 Å². The van der Waals surface area contributed by atoms with E-state index in [1.54, 1.807) is 23.0 Å². The molecule has 0 radical (unpaired) electrons. The fourth-order valence-electron chi connectivity index (χ4n) is 2.31. The highest BCUT2D eigenvalue weighted by Crippen LogP contribution is 2.27. The van der Waals surface area contributed by atoms with E-state index in [0.717, 1.165) is 16.8 Å². The highest BCUT2D eigenvalue weighted by atomic mass is 16.5. The quantitative estimate of drug-likeness (QED) is 0.621. The second-order valence-corrected chi connectivity index (χ2v) is 5.37. The van der Waals surface area contributed by atoms with Crippen LogP contribution in [0.5, 0.6) is 5.88 Å². The number of aromatic nitrogens is 4. The molecule has 2 N–H and O–H groups in total. The van der Waals surface area contributed by atoms with E-state index in [0.29, 0.717) is 23.9 Å². The average molecular weight is 309 g/mol. The number of fused-ring (bicyclic) bond motifs is 2. The first-order valence-corrected chi connectivity index (χ1v) is 7.29. The van der Waals surface area contributed by atoms with Crippen LogP contribution in [0.3, 0.4) is 0 Å². The van der Waals surface area contributed by atoms with Gasteiger partial charge in [0.15, 0.2) is 17.0 Å². The van der Waals surface area contributed by atoms with Crippen LogP contribution >= 0.6 is 0 Å². The molecule has 0 saturated heterocycles. The zero-order valence-electron chi connectivity index (χ0n) is 12.5. The van der Waals surface area contributed by atoms with Crippen molar-refractivity contribution in [3.05, 3.63) is 42.7 Å². The minimum atomic E-state index is -0.0591. The predicted octanol–water partition coefficient (Wildman–Crippen LogP) is 2.26. The molecule has 0 unspecified atom stereocenters. The van der Waals surface area contributed by atoms with Crippen LogP contribution in [0.25, 0.3) is 28.2 Å². The Morgan fingerprint density at radius 1 is 1.30 bits per heavy atom. The van der Waals surface area contributed by atoms with Gasteiger partial charge in [0.05, 0.1) is 6.20 Å². The van der Waals surface area contributed by atoms with E-state index in [4.69, 9.17) is 14.9 Å². The molecule has 1 atom stereocenters. The number of furan rings is 1. The fourth-order valence-corrected chi connectivity index (χ4v) is 2.31. The monoisotopic (exact) mass is 309 g/mol. The average Bonchev–Trinajstić information content (AvgIpc) is 3.15. The highest BCUT2D eigenvalue weighted by Gasteiger charge is 2.13. The fraction of sp³-hybridized carbons (Fsp3) is 0.188. The lowest BCUT2D eigenvalue weighted by Gasteiger charge is -2.08. The van der Waals surface area contributed by atoms with Gasteiger partial charge in [-0.15, -0.1) is 5.10 Å². The Balaban J connectivity index is 1.78. The molecule has 0 saturated carbocycles. The SMILES string of the molecule is C[C@@H](N)COc1ccc2ncc(-c3cc4ncccc4o3)n2n1. The second-order valence-electron chi connectivity index (χ2n) is 5.37. The number of pyridine rings is 1. The van der Waals surface area contributed by atoms with Crippen LogP contribution in [0.4, 0.5) is 0 Å². The molecule has 4 aromatic rings. The summed E-state index contributed by atoms with van der Waals surface area (Å²) in [6, 6.07) is 9.14. The van der Waals surface area contributed by atoms with Crippen LogP contribution in [-0.4, -0.2) is 32.2 Å². The Labute approximate surface area is 131 Å². The molecular formula is C16H15N5O2. The minimum absolute atomic E-state index is 0.0591. The summed E-state index contributed by atoms with van der Waals surface area (Å²) in [5, 5.41) is 4.45. The number of hydrogen-bond donors (Lipinski definition) is 1. The van der Waals surface area contributed by atoms with Crippen molar-refractivity contribution < 1.29 is 9.15 Å². The van der Waals surface area contributed by atoms with Gasteiger partial charge in [0.1, 0.15) is 17.8 Å². The van der Waals surface area contributed by atoms with E-state index >= 15 is 0 Å². The normalized spacial score (nSPS) is 12.8. The Morgan fingerprint density at radius 3 is 3.04 bits per heavy atom. The molecule has 0 bridgehead atoms. The molecule has 4 rings (SSSR count). The first kappa shape index (κ1) is 13.7. The molecule has 0 aromatic carbocycles. The molecule has 0 aliphatic carbocycles. The van der Waals surface area contributed by atoms with Gasteiger partial charge in [0.2, 0.25) is 5.88 Å². The van der Waals surface area contributed by atoms with Crippen LogP contribution in [0.1, 0.15) is 6.92 Å². The molecule has 116 valence electrons. The van der Waals surface area contributed by atoms with E-state index in [9.17, 15) is 0 Å². The van der Waals surface area contributed by atoms with Crippen LogP contribution in [0.15, 0.2) is 47.1 Å². The molecular weight excluding hydrogens is 294 g/mol. The molecule has 0 aliphatic rings. The summed E-state index contributed by atoms with van der Waals surface area (Å²) in [6.07, 6.45) is 3.45. The maximum Gasteiger partial charge on any atom is 0.231 e. The highest BCUT2D eigenvalue weighted by molar-refractivity contribution is 5.78. The van der Waals surface area contributed by atoms with Crippen molar-refractivity contribution in [1.29, 1.82) is 0 Å². The lowest BCUT2D eigenvalue weighted by molar-refractivity contribution is 0.281. The topological polar surface area (TPSA) is 91.5 Å². The second kappa shape index (κ2) is 5.36. The third-order valence-corrected chi connectivity index (χ3v) is 3.37. The summed E-state index contributed by atoms with van der Waals surface area (Å²) in [7, 11) is 0. The predicted molar refractivity (Wildman–Crippen MR) is 85.1 cm³/mol. The van der Waals surface area contributed by atoms with Crippen LogP contribution in [0.2, 0.25) is 0 Å². The largest absolute Gasteiger partial charge is 0.475 e. The van der Waals surface area contributed by atoms with Gasteiger partial charge in [-0.05, 0) is 25.1 Å². The van der Waals surface area contributed by atoms with Crippen molar-refractivity contribution in [1.82, 2.24) is 19.6 Å². The van der Waals surface area contributed by atoms with E-state index in [1.165, 1.54) is 0 Å². The molecule has 4 aromatic heterocycles. The lowest BCUT2D eigenvalue weighted by atomic mass is 10.3. The molecule has 0 aliphatic heterocycles. The Morgan fingerprint density at radius 2 is 2.22 bits per heavy atom. The van der Waals surface area contributed by atoms with Crippen molar-refractivity contribution in [2.45, 2.75) is 13.0 Å². The summed E-state index contributed by atoms with van der Waals surface area (Å²) < 4.78 is 13.1. The van der Waals surface area contributed by atoms with Gasteiger partial charge < -0.3 is 14.9 Å². The van der Waals surface area contributed by atoms with Crippen molar-refractivity contribution in [2.75, 3.05) is 6.61 Å². The van der Waals surface area contributed by atoms with E-state index in [1.807, 2.05) is 31.2 Å². The number of ether oxygens (including phenoxy) is 1. The summed E-state index contributed by atoms with van der Waals surface area (Å²) >= 11 is 0. The van der Waals surface area contributed by atoms with Crippen LogP contribution in [0, 0.1) is 0 Å². The number of rotatable bonds is 4. The van der Waals surface area contributed by atoms with Gasteiger partial charge in [-0.3, -0.25) is 4.98 Å². The van der Waals surface area contributed by atoms with Crippen molar-refractivity contribution in [3.63, 3.8) is 0 Å². The number of imidazole rings is 1. The summed E-state index contributed by atoms with van der Waals surface area (Å²) in [4.78, 5) is 8.62. The number of nitrogens with zero attached hydrogens (tertiary/aromatic N) is 4. The molecule has 0 fully saturated rings. The van der Waals surface area contributed by atoms with Gasteiger partial charge in [0, 0.05) is 24.4 Å². The van der Waals surface area contributed by atoms with E-state index < -0.39 is 0 Å². The van der Waals surface area contributed by atoms with Crippen LogP contribution < -0.4 is 10.5 Å². The first-order valence-electron chi connectivity index (χ1n) is 7.29. The van der Waals surface area contributed by atoms with Crippen molar-refractivity contribution >= 4 is 16.7 Å².